The fourth-order valence-electron chi connectivity index (χ4n) is 8.54. The summed E-state index contributed by atoms with van der Waals surface area (Å²) in [6.45, 7) is 0. The number of nitrogens with zero attached hydrogens (tertiary/aromatic N) is 3. The zero-order valence-corrected chi connectivity index (χ0v) is 31.0. The van der Waals surface area contributed by atoms with Crippen molar-refractivity contribution in [3.8, 4) is 34.2 Å². The fourth-order valence-corrected chi connectivity index (χ4v) is 11.0. The van der Waals surface area contributed by atoms with E-state index in [1.165, 1.54) is 51.6 Å². The summed E-state index contributed by atoms with van der Waals surface area (Å²) >= 11 is 3.66. The van der Waals surface area contributed by atoms with E-state index in [4.69, 9.17) is 19.4 Å². The van der Waals surface area contributed by atoms with Gasteiger partial charge in [0.1, 0.15) is 11.2 Å². The van der Waals surface area contributed by atoms with E-state index in [1.807, 2.05) is 17.4 Å². The van der Waals surface area contributed by atoms with Gasteiger partial charge in [0.05, 0.1) is 0 Å². The van der Waals surface area contributed by atoms with Crippen LogP contribution in [0.5, 0.6) is 0 Å². The monoisotopic (exact) mass is 739 g/mol. The van der Waals surface area contributed by atoms with E-state index < -0.39 is 0 Å². The molecule has 258 valence electrons. The lowest BCUT2D eigenvalue weighted by molar-refractivity contribution is 0.667. The third-order valence-electron chi connectivity index (χ3n) is 11.1. The Kier molecular flexibility index (Phi) is 6.76. The Balaban J connectivity index is 1.06. The van der Waals surface area contributed by atoms with Crippen molar-refractivity contribution in [2.24, 2.45) is 0 Å². The second kappa shape index (κ2) is 12.0. The number of furan rings is 1. The van der Waals surface area contributed by atoms with Gasteiger partial charge in [-0.1, -0.05) is 115 Å². The maximum atomic E-state index is 6.69. The SMILES string of the molecule is C1=Cc2sc3ccccc3c2C(c2ccc3c(c2)oc2cccc(-c4nc(-c5ccc6ccccc6c5)nc(-c5cccc6c5sc5ccccc56)n4)c23)C1. The van der Waals surface area contributed by atoms with Crippen LogP contribution in [0, 0.1) is 0 Å². The number of hydrogen-bond acceptors (Lipinski definition) is 6. The highest BCUT2D eigenvalue weighted by Gasteiger charge is 2.25. The smallest absolute Gasteiger partial charge is 0.165 e. The molecule has 7 aromatic carbocycles. The minimum Gasteiger partial charge on any atom is -0.456 e. The third kappa shape index (κ3) is 4.85. The van der Waals surface area contributed by atoms with Crippen LogP contribution in [0.2, 0.25) is 0 Å². The van der Waals surface area contributed by atoms with Crippen LogP contribution in [-0.4, -0.2) is 15.0 Å². The molecule has 0 aliphatic heterocycles. The van der Waals surface area contributed by atoms with E-state index in [0.29, 0.717) is 17.5 Å². The molecule has 0 radical (unpaired) electrons. The lowest BCUT2D eigenvalue weighted by Crippen LogP contribution is -2.03. The first-order valence-corrected chi connectivity index (χ1v) is 20.2. The molecule has 0 fully saturated rings. The summed E-state index contributed by atoms with van der Waals surface area (Å²) in [4.78, 5) is 17.1. The van der Waals surface area contributed by atoms with Gasteiger partial charge in [-0.05, 0) is 76.2 Å². The predicted octanol–water partition coefficient (Wildman–Crippen LogP) is 14.1. The van der Waals surface area contributed by atoms with Crippen LogP contribution in [0.15, 0.2) is 156 Å². The highest BCUT2D eigenvalue weighted by molar-refractivity contribution is 7.26. The van der Waals surface area contributed by atoms with Gasteiger partial charge < -0.3 is 4.42 Å². The first-order chi connectivity index (χ1) is 27.2. The van der Waals surface area contributed by atoms with Gasteiger partial charge in [0.15, 0.2) is 17.5 Å². The van der Waals surface area contributed by atoms with Crippen molar-refractivity contribution in [1.29, 1.82) is 0 Å². The molecule has 6 heteroatoms. The quantitative estimate of drug-likeness (QED) is 0.180. The zero-order valence-electron chi connectivity index (χ0n) is 29.4. The molecule has 0 N–H and O–H groups in total. The number of benzene rings is 7. The molecule has 55 heavy (non-hydrogen) atoms. The van der Waals surface area contributed by atoms with Crippen molar-refractivity contribution in [3.63, 3.8) is 0 Å². The summed E-state index contributed by atoms with van der Waals surface area (Å²) in [6.07, 6.45) is 5.56. The van der Waals surface area contributed by atoms with Crippen molar-refractivity contribution in [3.05, 3.63) is 168 Å². The van der Waals surface area contributed by atoms with E-state index in [9.17, 15) is 0 Å². The standard InChI is InChI=1S/C49H29N3OS2/c1-2-11-29-26-31(23-22-28(29)10-1)47-50-48(52-49(51-47)38-17-7-15-34-33-12-3-5-19-41(33)55-46(34)38)37-16-8-18-39-44(37)35-25-24-30(27-40(35)53-39)32-14-9-21-43-45(32)36-13-4-6-20-42(36)54-43/h1-13,15-27,32H,14H2. The number of allylic oxidation sites excluding steroid dienone is 1. The van der Waals surface area contributed by atoms with E-state index in [1.54, 1.807) is 11.3 Å². The molecule has 1 atom stereocenters. The molecule has 1 aliphatic rings. The van der Waals surface area contributed by atoms with Gasteiger partial charge in [0, 0.05) is 63.1 Å². The van der Waals surface area contributed by atoms with Gasteiger partial charge in [0.25, 0.3) is 0 Å². The number of aromatic nitrogens is 3. The van der Waals surface area contributed by atoms with Crippen LogP contribution in [0.3, 0.4) is 0 Å². The van der Waals surface area contributed by atoms with Gasteiger partial charge in [-0.15, -0.1) is 22.7 Å². The van der Waals surface area contributed by atoms with Crippen LogP contribution in [-0.2, 0) is 0 Å². The molecule has 0 saturated heterocycles. The summed E-state index contributed by atoms with van der Waals surface area (Å²) in [5.41, 5.74) is 7.24. The maximum Gasteiger partial charge on any atom is 0.165 e. The molecular formula is C49H29N3OS2. The molecule has 1 unspecified atom stereocenters. The third-order valence-corrected chi connectivity index (χ3v) is 13.5. The number of thiophene rings is 2. The Hall–Kier alpha value is -6.47. The summed E-state index contributed by atoms with van der Waals surface area (Å²) in [5, 5.41) is 8.19. The van der Waals surface area contributed by atoms with Crippen molar-refractivity contribution in [2.75, 3.05) is 0 Å². The first-order valence-electron chi connectivity index (χ1n) is 18.5. The molecule has 4 aromatic heterocycles. The molecule has 4 nitrogen and oxygen atoms in total. The highest BCUT2D eigenvalue weighted by atomic mass is 32.1. The Morgan fingerprint density at radius 1 is 0.527 bits per heavy atom. The Morgan fingerprint density at radius 2 is 1.25 bits per heavy atom. The van der Waals surface area contributed by atoms with Crippen molar-refractivity contribution < 1.29 is 4.42 Å². The molecule has 0 bridgehead atoms. The van der Waals surface area contributed by atoms with Crippen LogP contribution in [0.4, 0.5) is 0 Å². The van der Waals surface area contributed by atoms with E-state index in [2.05, 4.69) is 152 Å². The topological polar surface area (TPSA) is 51.8 Å². The van der Waals surface area contributed by atoms with Crippen molar-refractivity contribution >= 4 is 91.7 Å². The largest absolute Gasteiger partial charge is 0.456 e. The minimum atomic E-state index is 0.264. The molecule has 0 amide bonds. The number of fused-ring (bicyclic) bond motifs is 10. The first kappa shape index (κ1) is 30.9. The van der Waals surface area contributed by atoms with Gasteiger partial charge in [0.2, 0.25) is 0 Å². The zero-order chi connectivity index (χ0) is 36.0. The second-order valence-electron chi connectivity index (χ2n) is 14.3. The lowest BCUT2D eigenvalue weighted by Gasteiger charge is -2.20. The molecular weight excluding hydrogens is 711 g/mol. The summed E-state index contributed by atoms with van der Waals surface area (Å²) < 4.78 is 10.4. The van der Waals surface area contributed by atoms with Gasteiger partial charge in [-0.2, -0.15) is 0 Å². The minimum absolute atomic E-state index is 0.264. The van der Waals surface area contributed by atoms with E-state index in [-0.39, 0.29) is 5.92 Å². The second-order valence-corrected chi connectivity index (χ2v) is 16.4. The Labute approximate surface area is 323 Å². The normalized spacial score (nSPS) is 14.2. The maximum absolute atomic E-state index is 6.69. The van der Waals surface area contributed by atoms with Crippen LogP contribution in [0.25, 0.3) is 103 Å². The summed E-state index contributed by atoms with van der Waals surface area (Å²) in [7, 11) is 0. The fraction of sp³-hybridized carbons (Fsp3) is 0.0408. The average molecular weight is 740 g/mol. The molecule has 0 saturated carbocycles. The molecule has 12 rings (SSSR count). The van der Waals surface area contributed by atoms with Crippen LogP contribution in [0.1, 0.15) is 28.3 Å². The van der Waals surface area contributed by atoms with E-state index >= 15 is 0 Å². The van der Waals surface area contributed by atoms with Gasteiger partial charge >= 0.3 is 0 Å². The molecule has 0 spiro atoms. The average Bonchev–Trinajstić information content (AvgIpc) is 3.94. The highest BCUT2D eigenvalue weighted by Crippen LogP contribution is 2.46. The summed E-state index contributed by atoms with van der Waals surface area (Å²) in [6, 6.07) is 51.6. The van der Waals surface area contributed by atoms with Crippen LogP contribution < -0.4 is 0 Å². The van der Waals surface area contributed by atoms with Gasteiger partial charge in [-0.25, -0.2) is 15.0 Å². The molecule has 4 heterocycles. The Morgan fingerprint density at radius 3 is 2.16 bits per heavy atom. The van der Waals surface area contributed by atoms with Crippen molar-refractivity contribution in [2.45, 2.75) is 12.3 Å². The summed E-state index contributed by atoms with van der Waals surface area (Å²) in [5.74, 6) is 2.18. The predicted molar refractivity (Wildman–Crippen MR) is 231 cm³/mol. The molecule has 1 aliphatic carbocycles. The van der Waals surface area contributed by atoms with Gasteiger partial charge in [-0.3, -0.25) is 0 Å². The van der Waals surface area contributed by atoms with E-state index in [0.717, 1.165) is 50.4 Å². The Bertz CT molecular complexity index is 3390. The number of rotatable bonds is 4. The molecule has 11 aromatic rings. The van der Waals surface area contributed by atoms with Crippen molar-refractivity contribution in [1.82, 2.24) is 15.0 Å². The number of hydrogen-bond donors (Lipinski definition) is 0. The van der Waals surface area contributed by atoms with Crippen LogP contribution >= 0.6 is 22.7 Å². The lowest BCUT2D eigenvalue weighted by atomic mass is 9.83.